The summed E-state index contributed by atoms with van der Waals surface area (Å²) in [7, 11) is 4.35. The van der Waals surface area contributed by atoms with E-state index >= 15 is 0 Å². The van der Waals surface area contributed by atoms with Crippen LogP contribution in [0.2, 0.25) is 0 Å². The monoisotopic (exact) mass is 263 g/mol. The second-order valence-electron chi connectivity index (χ2n) is 5.46. The topological polar surface area (TPSA) is 37.4 Å². The van der Waals surface area contributed by atoms with Crippen LogP contribution in [0.4, 0.5) is 5.82 Å². The maximum Gasteiger partial charge on any atom is 0.168 e. The van der Waals surface area contributed by atoms with E-state index in [2.05, 4.69) is 29.3 Å². The summed E-state index contributed by atoms with van der Waals surface area (Å²) in [5.41, 5.74) is 0.265. The number of pyridine rings is 1. The first-order valence-corrected chi connectivity index (χ1v) is 7.17. The number of ether oxygens (including phenoxy) is 1. The van der Waals surface area contributed by atoms with Crippen molar-refractivity contribution in [1.82, 2.24) is 9.88 Å². The molecule has 1 aromatic rings. The predicted molar refractivity (Wildman–Crippen MR) is 78.8 cm³/mol. The van der Waals surface area contributed by atoms with E-state index < -0.39 is 0 Å². The summed E-state index contributed by atoms with van der Waals surface area (Å²) in [6, 6.07) is 3.88. The van der Waals surface area contributed by atoms with Gasteiger partial charge in [-0.3, -0.25) is 0 Å². The lowest BCUT2D eigenvalue weighted by Gasteiger charge is -2.36. The van der Waals surface area contributed by atoms with Crippen LogP contribution in [-0.2, 0) is 0 Å². The number of likely N-dealkylation sites (N-methyl/N-ethyl adjacent to an activating group) is 1. The average Bonchev–Trinajstić information content (AvgIpc) is 2.88. The molecule has 0 aromatic carbocycles. The Bertz CT molecular complexity index is 400. The molecule has 1 fully saturated rings. The van der Waals surface area contributed by atoms with Crippen LogP contribution in [0, 0.1) is 0 Å². The molecule has 1 saturated carbocycles. The first-order chi connectivity index (χ1) is 9.18. The van der Waals surface area contributed by atoms with E-state index in [4.69, 9.17) is 4.74 Å². The fraction of sp³-hybridized carbons (Fsp3) is 0.667. The number of rotatable bonds is 6. The maximum absolute atomic E-state index is 5.61. The Balaban J connectivity index is 2.05. The molecule has 106 valence electrons. The van der Waals surface area contributed by atoms with Gasteiger partial charge >= 0.3 is 0 Å². The Morgan fingerprint density at radius 2 is 2.11 bits per heavy atom. The highest BCUT2D eigenvalue weighted by atomic mass is 16.5. The normalized spacial score (nSPS) is 17.7. The number of nitrogens with zero attached hydrogens (tertiary/aromatic N) is 2. The number of nitrogens with one attached hydrogen (secondary N) is 1. The van der Waals surface area contributed by atoms with Gasteiger partial charge in [0.25, 0.3) is 0 Å². The quantitative estimate of drug-likeness (QED) is 0.856. The highest BCUT2D eigenvalue weighted by molar-refractivity contribution is 5.49. The van der Waals surface area contributed by atoms with Gasteiger partial charge in [-0.1, -0.05) is 12.8 Å². The third-order valence-corrected chi connectivity index (χ3v) is 4.14. The lowest BCUT2D eigenvalue weighted by Crippen LogP contribution is -2.47. The molecule has 4 heteroatoms. The molecule has 0 atom stereocenters. The van der Waals surface area contributed by atoms with Crippen LogP contribution in [0.1, 0.15) is 32.6 Å². The van der Waals surface area contributed by atoms with Gasteiger partial charge in [0.15, 0.2) is 11.6 Å². The summed E-state index contributed by atoms with van der Waals surface area (Å²) in [5.74, 6) is 1.70. The number of hydrogen-bond acceptors (Lipinski definition) is 4. The number of aromatic nitrogens is 1. The summed E-state index contributed by atoms with van der Waals surface area (Å²) < 4.78 is 5.61. The second kappa shape index (κ2) is 6.24. The minimum Gasteiger partial charge on any atom is -0.490 e. The molecule has 0 radical (unpaired) electrons. The molecule has 0 aliphatic heterocycles. The summed E-state index contributed by atoms with van der Waals surface area (Å²) in [4.78, 5) is 6.75. The SMILES string of the molecule is CCOc1cccnc1NCC1(N(C)C)CCCC1. The molecule has 0 saturated heterocycles. The molecule has 0 spiro atoms. The first kappa shape index (κ1) is 14.1. The Morgan fingerprint density at radius 3 is 2.74 bits per heavy atom. The summed E-state index contributed by atoms with van der Waals surface area (Å²) in [5, 5.41) is 3.48. The van der Waals surface area contributed by atoms with Gasteiger partial charge in [-0.05, 0) is 46.0 Å². The summed E-state index contributed by atoms with van der Waals surface area (Å²) >= 11 is 0. The van der Waals surface area contributed by atoms with Crippen LogP contribution in [0.25, 0.3) is 0 Å². The maximum atomic E-state index is 5.61. The molecule has 0 amide bonds. The summed E-state index contributed by atoms with van der Waals surface area (Å²) in [6.45, 7) is 3.59. The number of anilines is 1. The van der Waals surface area contributed by atoms with Crippen LogP contribution in [0.5, 0.6) is 5.75 Å². The lowest BCUT2D eigenvalue weighted by molar-refractivity contribution is 0.172. The van der Waals surface area contributed by atoms with Crippen molar-refractivity contribution in [3.8, 4) is 5.75 Å². The fourth-order valence-electron chi connectivity index (χ4n) is 2.86. The third-order valence-electron chi connectivity index (χ3n) is 4.14. The molecule has 1 aliphatic rings. The van der Waals surface area contributed by atoms with E-state index in [0.29, 0.717) is 6.61 Å². The van der Waals surface area contributed by atoms with Crippen LogP contribution < -0.4 is 10.1 Å². The van der Waals surface area contributed by atoms with Crippen molar-refractivity contribution in [3.63, 3.8) is 0 Å². The molecule has 0 bridgehead atoms. The smallest absolute Gasteiger partial charge is 0.168 e. The van der Waals surface area contributed by atoms with Crippen molar-refractivity contribution in [3.05, 3.63) is 18.3 Å². The van der Waals surface area contributed by atoms with E-state index in [1.807, 2.05) is 25.3 Å². The van der Waals surface area contributed by atoms with Gasteiger partial charge in [-0.2, -0.15) is 0 Å². The van der Waals surface area contributed by atoms with Crippen molar-refractivity contribution < 1.29 is 4.74 Å². The minimum atomic E-state index is 0.265. The standard InChI is InChI=1S/C15H25N3O/c1-4-19-13-8-7-11-16-14(13)17-12-15(18(2)3)9-5-6-10-15/h7-8,11H,4-6,9-10,12H2,1-3H3,(H,16,17). The van der Waals surface area contributed by atoms with Crippen molar-refractivity contribution >= 4 is 5.82 Å². The Kier molecular flexibility index (Phi) is 4.64. The zero-order valence-corrected chi connectivity index (χ0v) is 12.3. The highest BCUT2D eigenvalue weighted by Gasteiger charge is 2.35. The van der Waals surface area contributed by atoms with Gasteiger partial charge in [-0.15, -0.1) is 0 Å². The van der Waals surface area contributed by atoms with Crippen molar-refractivity contribution in [2.45, 2.75) is 38.1 Å². The largest absolute Gasteiger partial charge is 0.490 e. The molecular weight excluding hydrogens is 238 g/mol. The van der Waals surface area contributed by atoms with Gasteiger partial charge in [0, 0.05) is 18.3 Å². The van der Waals surface area contributed by atoms with Crippen molar-refractivity contribution in [2.75, 3.05) is 32.6 Å². The second-order valence-corrected chi connectivity index (χ2v) is 5.46. The van der Waals surface area contributed by atoms with Gasteiger partial charge in [0.1, 0.15) is 0 Å². The van der Waals surface area contributed by atoms with Crippen LogP contribution in [-0.4, -0.2) is 42.7 Å². The van der Waals surface area contributed by atoms with Crippen molar-refractivity contribution in [2.24, 2.45) is 0 Å². The molecule has 2 rings (SSSR count). The Labute approximate surface area is 116 Å². The molecule has 1 aromatic heterocycles. The summed E-state index contributed by atoms with van der Waals surface area (Å²) in [6.07, 6.45) is 6.95. The molecule has 1 aliphatic carbocycles. The molecule has 19 heavy (non-hydrogen) atoms. The van der Waals surface area contributed by atoms with Gasteiger partial charge in [-0.25, -0.2) is 4.98 Å². The third kappa shape index (κ3) is 3.18. The lowest BCUT2D eigenvalue weighted by atomic mass is 9.96. The fourth-order valence-corrected chi connectivity index (χ4v) is 2.86. The van der Waals surface area contributed by atoms with E-state index in [1.54, 1.807) is 0 Å². The van der Waals surface area contributed by atoms with Gasteiger partial charge in [0.2, 0.25) is 0 Å². The zero-order valence-electron chi connectivity index (χ0n) is 12.3. The zero-order chi connectivity index (χ0) is 13.7. The van der Waals surface area contributed by atoms with Gasteiger partial charge < -0.3 is 15.0 Å². The molecule has 1 heterocycles. The number of hydrogen-bond donors (Lipinski definition) is 1. The van der Waals surface area contributed by atoms with Crippen molar-refractivity contribution in [1.29, 1.82) is 0 Å². The van der Waals surface area contributed by atoms with Gasteiger partial charge in [0.05, 0.1) is 6.61 Å². The van der Waals surface area contributed by atoms with E-state index in [0.717, 1.165) is 18.1 Å². The van der Waals surface area contributed by atoms with Crippen LogP contribution >= 0.6 is 0 Å². The molecular formula is C15H25N3O. The van der Waals surface area contributed by atoms with E-state index in [-0.39, 0.29) is 5.54 Å². The van der Waals surface area contributed by atoms with Crippen LogP contribution in [0.3, 0.4) is 0 Å². The average molecular weight is 263 g/mol. The van der Waals surface area contributed by atoms with Crippen LogP contribution in [0.15, 0.2) is 18.3 Å². The highest BCUT2D eigenvalue weighted by Crippen LogP contribution is 2.34. The first-order valence-electron chi connectivity index (χ1n) is 7.17. The van der Waals surface area contributed by atoms with E-state index in [1.165, 1.54) is 25.7 Å². The Morgan fingerprint density at radius 1 is 1.37 bits per heavy atom. The molecule has 0 unspecified atom stereocenters. The Hall–Kier alpha value is -1.29. The van der Waals surface area contributed by atoms with E-state index in [9.17, 15) is 0 Å². The minimum absolute atomic E-state index is 0.265. The molecule has 1 N–H and O–H groups in total. The predicted octanol–water partition coefficient (Wildman–Crippen LogP) is 2.77. The molecule has 4 nitrogen and oxygen atoms in total.